The molecule has 29 heavy (non-hydrogen) atoms. The first-order valence-corrected chi connectivity index (χ1v) is 10.5. The van der Waals surface area contributed by atoms with E-state index in [-0.39, 0.29) is 34.7 Å². The van der Waals surface area contributed by atoms with Crippen LogP contribution in [0.5, 0.6) is 0 Å². The molecule has 0 aliphatic carbocycles. The average Bonchev–Trinajstić information content (AvgIpc) is 2.87. The summed E-state index contributed by atoms with van der Waals surface area (Å²) in [4.78, 5) is 44.4. The maximum atomic E-state index is 12.4. The highest BCUT2D eigenvalue weighted by molar-refractivity contribution is 8.03. The normalized spacial score (nSPS) is 27.4. The Hall–Kier alpha value is -2.39. The molecule has 8 nitrogen and oxygen atoms in total. The van der Waals surface area contributed by atoms with Crippen LogP contribution in [0.2, 0.25) is 0 Å². The van der Waals surface area contributed by atoms with Gasteiger partial charge >= 0.3 is 5.97 Å². The molecule has 3 aliphatic heterocycles. The molecular formula is C20H23N3O5S. The van der Waals surface area contributed by atoms with Crippen LogP contribution < -0.4 is 0 Å². The predicted octanol–water partition coefficient (Wildman–Crippen LogP) is 0.722. The van der Waals surface area contributed by atoms with Crippen molar-refractivity contribution in [3.8, 4) is 0 Å². The van der Waals surface area contributed by atoms with Crippen molar-refractivity contribution in [2.24, 2.45) is 11.8 Å². The Labute approximate surface area is 172 Å². The topological polar surface area (TPSA) is 111 Å². The number of amides is 2. The van der Waals surface area contributed by atoms with Crippen molar-refractivity contribution in [2.75, 3.05) is 13.1 Å². The van der Waals surface area contributed by atoms with Crippen molar-refractivity contribution in [3.05, 3.63) is 40.7 Å². The zero-order chi connectivity index (χ0) is 20.9. The number of carbonyl (C=O) groups excluding carboxylic acids is 2. The van der Waals surface area contributed by atoms with Crippen molar-refractivity contribution < 1.29 is 24.6 Å². The molecule has 0 bridgehead atoms. The molecule has 2 saturated heterocycles. The van der Waals surface area contributed by atoms with Gasteiger partial charge in [-0.3, -0.25) is 14.6 Å². The van der Waals surface area contributed by atoms with Crippen LogP contribution in [0.3, 0.4) is 0 Å². The standard InChI is InChI=1S/C20H23N3O5S/c1-10-16-15(11(2)24)19(26)23(16)17(20(27)28)18(10)29-13-8-22(9-13)14(25)6-12-4-3-5-21-7-12/h3-5,7,10-11,13,15-16,24H,6,8-9H2,1-2H3,(H,27,28)/t10-,11-,15-,16-/m1/s1. The molecule has 1 aromatic heterocycles. The van der Waals surface area contributed by atoms with Gasteiger partial charge in [0.15, 0.2) is 0 Å². The monoisotopic (exact) mass is 417 g/mol. The lowest BCUT2D eigenvalue weighted by Gasteiger charge is -2.46. The second kappa shape index (κ2) is 7.46. The van der Waals surface area contributed by atoms with Crippen molar-refractivity contribution in [3.63, 3.8) is 0 Å². The molecule has 9 heteroatoms. The number of aliphatic hydroxyl groups is 1. The number of thioether (sulfide) groups is 1. The number of pyridine rings is 1. The van der Waals surface area contributed by atoms with Crippen LogP contribution in [-0.2, 0) is 20.8 Å². The van der Waals surface area contributed by atoms with Crippen LogP contribution >= 0.6 is 11.8 Å². The molecule has 0 unspecified atom stereocenters. The van der Waals surface area contributed by atoms with Gasteiger partial charge in [-0.15, -0.1) is 11.8 Å². The molecule has 4 atom stereocenters. The van der Waals surface area contributed by atoms with Gasteiger partial charge in [-0.25, -0.2) is 4.79 Å². The number of aromatic nitrogens is 1. The molecular weight excluding hydrogens is 394 g/mol. The number of carboxylic acids is 1. The number of aliphatic carboxylic acids is 1. The minimum absolute atomic E-state index is 0.0231. The number of fused-ring (bicyclic) bond motifs is 1. The quantitative estimate of drug-likeness (QED) is 0.656. The highest BCUT2D eigenvalue weighted by atomic mass is 32.2. The molecule has 0 saturated carbocycles. The third-order valence-corrected chi connectivity index (χ3v) is 7.33. The molecule has 0 radical (unpaired) electrons. The number of nitrogens with zero attached hydrogens (tertiary/aromatic N) is 3. The lowest BCUT2D eigenvalue weighted by molar-refractivity contribution is -0.163. The van der Waals surface area contributed by atoms with Crippen LogP contribution in [0.25, 0.3) is 0 Å². The number of aliphatic hydroxyl groups excluding tert-OH is 1. The van der Waals surface area contributed by atoms with Gasteiger partial charge in [0.2, 0.25) is 11.8 Å². The zero-order valence-corrected chi connectivity index (χ0v) is 17.0. The van der Waals surface area contributed by atoms with Crippen molar-refractivity contribution in [2.45, 2.75) is 37.7 Å². The second-order valence-corrected chi connectivity index (χ2v) is 9.19. The fourth-order valence-electron chi connectivity index (χ4n) is 4.36. The Morgan fingerprint density at radius 3 is 2.69 bits per heavy atom. The first kappa shape index (κ1) is 19.9. The van der Waals surface area contributed by atoms with Crippen LogP contribution in [0.15, 0.2) is 35.1 Å². The van der Waals surface area contributed by atoms with E-state index < -0.39 is 18.0 Å². The Kier molecular flexibility index (Phi) is 5.12. The fraction of sp³-hybridized carbons (Fsp3) is 0.500. The van der Waals surface area contributed by atoms with Crippen molar-refractivity contribution >= 4 is 29.5 Å². The summed E-state index contributed by atoms with van der Waals surface area (Å²) in [5.41, 5.74) is 0.899. The van der Waals surface area contributed by atoms with E-state index in [4.69, 9.17) is 0 Å². The van der Waals surface area contributed by atoms with E-state index in [1.165, 1.54) is 16.7 Å². The summed E-state index contributed by atoms with van der Waals surface area (Å²) >= 11 is 1.45. The van der Waals surface area contributed by atoms with E-state index in [9.17, 15) is 24.6 Å². The molecule has 1 aromatic rings. The van der Waals surface area contributed by atoms with Gasteiger partial charge in [0.1, 0.15) is 5.70 Å². The maximum absolute atomic E-state index is 12.4. The number of hydrogen-bond acceptors (Lipinski definition) is 6. The van der Waals surface area contributed by atoms with Crippen LogP contribution in [0, 0.1) is 11.8 Å². The molecule has 3 aliphatic rings. The Bertz CT molecular complexity index is 881. The summed E-state index contributed by atoms with van der Waals surface area (Å²) < 4.78 is 0. The molecule has 2 N–H and O–H groups in total. The van der Waals surface area contributed by atoms with Gasteiger partial charge in [-0.1, -0.05) is 13.0 Å². The first-order valence-electron chi connectivity index (χ1n) is 9.61. The zero-order valence-electron chi connectivity index (χ0n) is 16.2. The van der Waals surface area contributed by atoms with E-state index in [0.29, 0.717) is 24.4 Å². The summed E-state index contributed by atoms with van der Waals surface area (Å²) in [7, 11) is 0. The van der Waals surface area contributed by atoms with Gasteiger partial charge in [-0.2, -0.15) is 0 Å². The Morgan fingerprint density at radius 1 is 1.38 bits per heavy atom. The summed E-state index contributed by atoms with van der Waals surface area (Å²) in [6.45, 7) is 4.56. The van der Waals surface area contributed by atoms with Gasteiger partial charge < -0.3 is 20.0 Å². The fourth-order valence-corrected chi connectivity index (χ4v) is 5.88. The van der Waals surface area contributed by atoms with Crippen LogP contribution in [-0.4, -0.2) is 73.3 Å². The number of hydrogen-bond donors (Lipinski definition) is 2. The third kappa shape index (κ3) is 3.32. The predicted molar refractivity (Wildman–Crippen MR) is 106 cm³/mol. The summed E-state index contributed by atoms with van der Waals surface area (Å²) in [5, 5.41) is 19.7. The summed E-state index contributed by atoms with van der Waals surface area (Å²) in [6.07, 6.45) is 2.82. The summed E-state index contributed by atoms with van der Waals surface area (Å²) in [5.74, 6) is -2.13. The van der Waals surface area contributed by atoms with Crippen LogP contribution in [0.4, 0.5) is 0 Å². The third-order valence-electron chi connectivity index (χ3n) is 5.88. The highest BCUT2D eigenvalue weighted by Crippen LogP contribution is 2.51. The Balaban J connectivity index is 1.40. The maximum Gasteiger partial charge on any atom is 0.353 e. The van der Waals surface area contributed by atoms with E-state index in [0.717, 1.165) is 5.56 Å². The average molecular weight is 417 g/mol. The number of carbonyl (C=O) groups is 3. The number of carboxylic acid groups (broad SMARTS) is 1. The number of rotatable bonds is 6. The number of likely N-dealkylation sites (tertiary alicyclic amines) is 1. The van der Waals surface area contributed by atoms with E-state index in [2.05, 4.69) is 4.98 Å². The molecule has 2 amide bonds. The molecule has 154 valence electrons. The first-order chi connectivity index (χ1) is 13.8. The SMILES string of the molecule is C[C@@H](O)[C@H]1C(=O)N2C(C(=O)O)=C(SC3CN(C(=O)Cc4cccnc4)C3)[C@H](C)[C@H]12. The van der Waals surface area contributed by atoms with Gasteiger partial charge in [0, 0.05) is 41.6 Å². The minimum atomic E-state index is -1.12. The molecule has 4 rings (SSSR count). The van der Waals surface area contributed by atoms with Gasteiger partial charge in [-0.05, 0) is 18.6 Å². The molecule has 4 heterocycles. The van der Waals surface area contributed by atoms with Gasteiger partial charge in [0.05, 0.1) is 24.5 Å². The molecule has 0 aromatic carbocycles. The van der Waals surface area contributed by atoms with Crippen molar-refractivity contribution in [1.29, 1.82) is 0 Å². The Morgan fingerprint density at radius 2 is 2.10 bits per heavy atom. The smallest absolute Gasteiger partial charge is 0.353 e. The summed E-state index contributed by atoms with van der Waals surface area (Å²) in [6, 6.07) is 3.35. The van der Waals surface area contributed by atoms with Crippen molar-refractivity contribution in [1.82, 2.24) is 14.8 Å². The van der Waals surface area contributed by atoms with Crippen LogP contribution in [0.1, 0.15) is 19.4 Å². The second-order valence-electron chi connectivity index (χ2n) is 7.85. The van der Waals surface area contributed by atoms with E-state index in [1.807, 2.05) is 13.0 Å². The minimum Gasteiger partial charge on any atom is -0.477 e. The lowest BCUT2D eigenvalue weighted by atomic mass is 9.79. The lowest BCUT2D eigenvalue weighted by Crippen LogP contribution is -2.63. The van der Waals surface area contributed by atoms with E-state index in [1.54, 1.807) is 30.3 Å². The molecule has 2 fully saturated rings. The molecule has 0 spiro atoms. The number of β-lactam (4-membered cyclic amide) rings is 1. The van der Waals surface area contributed by atoms with Gasteiger partial charge in [0.25, 0.3) is 0 Å². The van der Waals surface area contributed by atoms with E-state index >= 15 is 0 Å². The largest absolute Gasteiger partial charge is 0.477 e. The highest BCUT2D eigenvalue weighted by Gasteiger charge is 2.60.